The highest BCUT2D eigenvalue weighted by molar-refractivity contribution is 7.99. The van der Waals surface area contributed by atoms with E-state index in [-0.39, 0.29) is 17.6 Å². The second-order valence-electron chi connectivity index (χ2n) is 6.26. The van der Waals surface area contributed by atoms with Crippen LogP contribution in [0.2, 0.25) is 0 Å². The number of thioether (sulfide) groups is 1. The molecule has 6 nitrogen and oxygen atoms in total. The molecule has 1 aromatic heterocycles. The first kappa shape index (κ1) is 16.1. The van der Waals surface area contributed by atoms with Gasteiger partial charge in [-0.05, 0) is 31.0 Å². The molecule has 1 aliphatic carbocycles. The Kier molecular flexibility index (Phi) is 4.17. The second kappa shape index (κ2) is 6.48. The van der Waals surface area contributed by atoms with Gasteiger partial charge in [-0.15, -0.1) is 0 Å². The summed E-state index contributed by atoms with van der Waals surface area (Å²) in [5, 5.41) is 3.55. The molecule has 7 heteroatoms. The van der Waals surface area contributed by atoms with Gasteiger partial charge in [0.25, 0.3) is 5.91 Å². The topological polar surface area (TPSA) is 75.2 Å². The van der Waals surface area contributed by atoms with Crippen molar-refractivity contribution in [1.82, 2.24) is 9.97 Å². The van der Waals surface area contributed by atoms with Crippen molar-refractivity contribution in [1.29, 1.82) is 0 Å². The molecule has 0 saturated heterocycles. The lowest BCUT2D eigenvalue weighted by molar-refractivity contribution is -0.126. The molecule has 0 radical (unpaired) electrons. The quantitative estimate of drug-likeness (QED) is 0.678. The predicted octanol–water partition coefficient (Wildman–Crippen LogP) is 2.87. The Morgan fingerprint density at radius 1 is 1.16 bits per heavy atom. The van der Waals surface area contributed by atoms with Gasteiger partial charge in [0, 0.05) is 12.4 Å². The van der Waals surface area contributed by atoms with E-state index in [1.807, 2.05) is 24.3 Å². The number of hydrogen-bond donors (Lipinski definition) is 1. The Morgan fingerprint density at radius 2 is 1.88 bits per heavy atom. The van der Waals surface area contributed by atoms with Gasteiger partial charge in [-0.1, -0.05) is 36.7 Å². The molecule has 1 spiro atoms. The van der Waals surface area contributed by atoms with Crippen molar-refractivity contribution >= 4 is 35.0 Å². The van der Waals surface area contributed by atoms with Crippen molar-refractivity contribution in [3.8, 4) is 0 Å². The summed E-state index contributed by atoms with van der Waals surface area (Å²) < 4.78 is 0. The lowest BCUT2D eigenvalue weighted by atomic mass is 9.90. The van der Waals surface area contributed by atoms with Crippen LogP contribution in [-0.4, -0.2) is 33.1 Å². The molecule has 0 bridgehead atoms. The van der Waals surface area contributed by atoms with Crippen LogP contribution in [0, 0.1) is 0 Å². The Morgan fingerprint density at radius 3 is 2.64 bits per heavy atom. The maximum absolute atomic E-state index is 13.1. The summed E-state index contributed by atoms with van der Waals surface area (Å²) in [4.78, 5) is 36.0. The first-order chi connectivity index (χ1) is 12.2. The van der Waals surface area contributed by atoms with Crippen LogP contribution < -0.4 is 10.2 Å². The molecule has 1 aliphatic heterocycles. The number of nitrogens with one attached hydrogen (secondary N) is 1. The van der Waals surface area contributed by atoms with Crippen LogP contribution in [0.1, 0.15) is 25.7 Å². The van der Waals surface area contributed by atoms with E-state index in [1.165, 1.54) is 11.8 Å². The van der Waals surface area contributed by atoms with Gasteiger partial charge < -0.3 is 5.32 Å². The summed E-state index contributed by atoms with van der Waals surface area (Å²) in [6.07, 6.45) is 6.61. The second-order valence-corrected chi connectivity index (χ2v) is 7.20. The largest absolute Gasteiger partial charge is 0.322 e. The fraction of sp³-hybridized carbons (Fsp3) is 0.333. The van der Waals surface area contributed by atoms with Crippen LogP contribution >= 0.6 is 11.8 Å². The zero-order valence-corrected chi connectivity index (χ0v) is 14.5. The smallest absolute Gasteiger partial charge is 0.250 e. The summed E-state index contributed by atoms with van der Waals surface area (Å²) >= 11 is 1.30. The Bertz CT molecular complexity index is 806. The molecule has 1 N–H and O–H groups in total. The number of nitrogens with zero attached hydrogens (tertiary/aromatic N) is 3. The van der Waals surface area contributed by atoms with Crippen molar-refractivity contribution in [3.05, 3.63) is 42.7 Å². The summed E-state index contributed by atoms with van der Waals surface area (Å²) in [5.41, 5.74) is 0.715. The van der Waals surface area contributed by atoms with E-state index in [0.29, 0.717) is 23.7 Å². The van der Waals surface area contributed by atoms with Crippen LogP contribution in [-0.2, 0) is 9.59 Å². The Labute approximate surface area is 150 Å². The summed E-state index contributed by atoms with van der Waals surface area (Å²) in [5.74, 6) is 0.0487. The maximum atomic E-state index is 13.1. The third-order valence-corrected chi connectivity index (χ3v) is 5.65. The minimum absolute atomic E-state index is 0.0713. The number of aromatic nitrogens is 2. The molecular weight excluding hydrogens is 336 g/mol. The number of fused-ring (bicyclic) bond motifs is 1. The fourth-order valence-electron chi connectivity index (χ4n) is 3.68. The molecule has 2 amide bonds. The average molecular weight is 354 g/mol. The van der Waals surface area contributed by atoms with E-state index >= 15 is 0 Å². The Balaban J connectivity index is 1.66. The van der Waals surface area contributed by atoms with Crippen molar-refractivity contribution in [2.45, 2.75) is 36.4 Å². The summed E-state index contributed by atoms with van der Waals surface area (Å²) in [6.45, 7) is 0. The van der Waals surface area contributed by atoms with Crippen LogP contribution in [0.25, 0.3) is 0 Å². The van der Waals surface area contributed by atoms with Gasteiger partial charge in [-0.25, -0.2) is 9.97 Å². The van der Waals surface area contributed by atoms with Crippen LogP contribution in [0.4, 0.5) is 11.4 Å². The van der Waals surface area contributed by atoms with E-state index in [9.17, 15) is 9.59 Å². The molecule has 1 saturated carbocycles. The molecule has 128 valence electrons. The third kappa shape index (κ3) is 2.78. The normalized spacial score (nSPS) is 18.1. The molecule has 2 aromatic rings. The van der Waals surface area contributed by atoms with Gasteiger partial charge in [-0.2, -0.15) is 0 Å². The minimum atomic E-state index is -0.760. The molecule has 2 aliphatic rings. The number of rotatable bonds is 3. The van der Waals surface area contributed by atoms with Gasteiger partial charge in [0.15, 0.2) is 5.16 Å². The molecule has 2 heterocycles. The monoisotopic (exact) mass is 354 g/mol. The third-order valence-electron chi connectivity index (χ3n) is 4.79. The number of benzene rings is 1. The van der Waals surface area contributed by atoms with E-state index in [1.54, 1.807) is 23.4 Å². The summed E-state index contributed by atoms with van der Waals surface area (Å²) in [6, 6.07) is 9.23. The standard InChI is InChI=1S/C18H18N4O2S/c23-15(12-25-17-19-10-5-11-20-17)22-14-7-2-1-6-13(14)21-16(24)18(22)8-3-4-9-18/h1-2,5-7,10-11H,3-4,8-9,12H2,(H,21,24). The molecule has 1 fully saturated rings. The molecular formula is C18H18N4O2S. The first-order valence-corrected chi connectivity index (χ1v) is 9.33. The molecule has 4 rings (SSSR count). The van der Waals surface area contributed by atoms with Crippen molar-refractivity contribution < 1.29 is 9.59 Å². The van der Waals surface area contributed by atoms with Gasteiger partial charge in [0.2, 0.25) is 5.91 Å². The van der Waals surface area contributed by atoms with Crippen LogP contribution in [0.15, 0.2) is 47.9 Å². The predicted molar refractivity (Wildman–Crippen MR) is 96.5 cm³/mol. The number of para-hydroxylation sites is 2. The van der Waals surface area contributed by atoms with Crippen LogP contribution in [0.5, 0.6) is 0 Å². The number of carbonyl (C=O) groups is 2. The van der Waals surface area contributed by atoms with Crippen LogP contribution in [0.3, 0.4) is 0 Å². The highest BCUT2D eigenvalue weighted by Gasteiger charge is 2.51. The van der Waals surface area contributed by atoms with E-state index in [0.717, 1.165) is 18.5 Å². The summed E-state index contributed by atoms with van der Waals surface area (Å²) in [7, 11) is 0. The molecule has 25 heavy (non-hydrogen) atoms. The van der Waals surface area contributed by atoms with Gasteiger partial charge >= 0.3 is 0 Å². The highest BCUT2D eigenvalue weighted by Crippen LogP contribution is 2.45. The lowest BCUT2D eigenvalue weighted by Gasteiger charge is -2.44. The molecule has 1 aromatic carbocycles. The van der Waals surface area contributed by atoms with Crippen molar-refractivity contribution in [3.63, 3.8) is 0 Å². The molecule has 0 unspecified atom stereocenters. The minimum Gasteiger partial charge on any atom is -0.322 e. The van der Waals surface area contributed by atoms with E-state index < -0.39 is 5.54 Å². The average Bonchev–Trinajstić information content (AvgIpc) is 3.12. The van der Waals surface area contributed by atoms with Gasteiger partial charge in [-0.3, -0.25) is 14.5 Å². The van der Waals surface area contributed by atoms with Crippen molar-refractivity contribution in [2.75, 3.05) is 16.0 Å². The highest BCUT2D eigenvalue weighted by atomic mass is 32.2. The molecule has 0 atom stereocenters. The van der Waals surface area contributed by atoms with E-state index in [2.05, 4.69) is 15.3 Å². The zero-order valence-electron chi connectivity index (χ0n) is 13.6. The SMILES string of the molecule is O=C(CSc1ncccn1)N1c2ccccc2NC(=O)C12CCCC2. The van der Waals surface area contributed by atoms with Gasteiger partial charge in [0.05, 0.1) is 17.1 Å². The van der Waals surface area contributed by atoms with E-state index in [4.69, 9.17) is 0 Å². The number of anilines is 2. The Hall–Kier alpha value is -2.41. The number of hydrogen-bond acceptors (Lipinski definition) is 5. The van der Waals surface area contributed by atoms with Crippen molar-refractivity contribution in [2.24, 2.45) is 0 Å². The first-order valence-electron chi connectivity index (χ1n) is 8.34. The fourth-order valence-corrected chi connectivity index (χ4v) is 4.33. The lowest BCUT2D eigenvalue weighted by Crippen LogP contribution is -2.61. The van der Waals surface area contributed by atoms with Gasteiger partial charge in [0.1, 0.15) is 5.54 Å². The maximum Gasteiger partial charge on any atom is 0.250 e. The number of amides is 2. The zero-order chi connectivity index (χ0) is 17.3. The number of carbonyl (C=O) groups excluding carboxylic acids is 2.